The zero-order valence-electron chi connectivity index (χ0n) is 20.3. The highest BCUT2D eigenvalue weighted by atomic mass is 32.2. The topological polar surface area (TPSA) is 49.4 Å². The molecule has 1 N–H and O–H groups in total. The number of nitrogens with zero attached hydrogens (tertiary/aromatic N) is 1. The molecule has 0 saturated carbocycles. The van der Waals surface area contributed by atoms with E-state index in [4.69, 9.17) is 0 Å². The standard InChI is InChI=1S/C31H30N2O2S/c1-22-16-18-25(19-17-22)36(34,35)33-21-27-30(24-12-6-3-7-13-24)26-14-8-9-15-28(26)32-31(27)29(33)20-23-10-4-2-5-11-23/h2-19,27,29-32H,20-21H2,1H3/t27-,29+,30+,31-/m1/s1. The van der Waals surface area contributed by atoms with Gasteiger partial charge in [-0.3, -0.25) is 0 Å². The van der Waals surface area contributed by atoms with Gasteiger partial charge in [-0.1, -0.05) is 96.6 Å². The van der Waals surface area contributed by atoms with E-state index in [0.29, 0.717) is 17.9 Å². The maximum Gasteiger partial charge on any atom is 0.243 e. The van der Waals surface area contributed by atoms with E-state index in [2.05, 4.69) is 66.0 Å². The fourth-order valence-corrected chi connectivity index (χ4v) is 7.72. The molecular formula is C31H30N2O2S. The fourth-order valence-electron chi connectivity index (χ4n) is 6.04. The number of fused-ring (bicyclic) bond motifs is 2. The number of benzene rings is 4. The molecule has 4 atom stereocenters. The molecular weight excluding hydrogens is 464 g/mol. The first kappa shape index (κ1) is 23.0. The highest BCUT2D eigenvalue weighted by Gasteiger charge is 2.52. The van der Waals surface area contributed by atoms with E-state index >= 15 is 0 Å². The van der Waals surface area contributed by atoms with Crippen LogP contribution in [0.1, 0.15) is 28.2 Å². The van der Waals surface area contributed by atoms with E-state index < -0.39 is 10.0 Å². The molecule has 4 aromatic carbocycles. The monoisotopic (exact) mass is 494 g/mol. The molecule has 0 bridgehead atoms. The molecule has 0 radical (unpaired) electrons. The lowest BCUT2D eigenvalue weighted by Gasteiger charge is -2.38. The van der Waals surface area contributed by atoms with Crippen molar-refractivity contribution < 1.29 is 8.42 Å². The summed E-state index contributed by atoms with van der Waals surface area (Å²) in [6.07, 6.45) is 0.657. The second kappa shape index (κ2) is 9.23. The molecule has 4 aromatic rings. The highest BCUT2D eigenvalue weighted by molar-refractivity contribution is 7.89. The molecule has 0 amide bonds. The van der Waals surface area contributed by atoms with Crippen LogP contribution in [-0.2, 0) is 16.4 Å². The van der Waals surface area contributed by atoms with Gasteiger partial charge in [0.25, 0.3) is 0 Å². The molecule has 5 heteroatoms. The van der Waals surface area contributed by atoms with Gasteiger partial charge in [0, 0.05) is 36.2 Å². The Labute approximate surface area is 213 Å². The number of hydrogen-bond donors (Lipinski definition) is 1. The zero-order chi connectivity index (χ0) is 24.7. The molecule has 36 heavy (non-hydrogen) atoms. The van der Waals surface area contributed by atoms with Crippen molar-refractivity contribution in [2.75, 3.05) is 11.9 Å². The summed E-state index contributed by atoms with van der Waals surface area (Å²) in [7, 11) is -3.68. The molecule has 0 spiro atoms. The van der Waals surface area contributed by atoms with Gasteiger partial charge in [-0.2, -0.15) is 4.31 Å². The quantitative estimate of drug-likeness (QED) is 0.378. The van der Waals surface area contributed by atoms with Crippen molar-refractivity contribution in [2.24, 2.45) is 5.92 Å². The fraction of sp³-hybridized carbons (Fsp3) is 0.226. The minimum absolute atomic E-state index is 0.00876. The SMILES string of the molecule is Cc1ccc(S(=O)(=O)N2C[C@@H]3[C@@H](c4ccccc4)c4ccccc4N[C@H]3[C@@H]2Cc2ccccc2)cc1. The van der Waals surface area contributed by atoms with Crippen molar-refractivity contribution in [3.8, 4) is 0 Å². The number of nitrogens with one attached hydrogen (secondary N) is 1. The number of para-hydroxylation sites is 1. The van der Waals surface area contributed by atoms with E-state index in [9.17, 15) is 8.42 Å². The molecule has 2 aliphatic rings. The maximum atomic E-state index is 14.1. The summed E-state index contributed by atoms with van der Waals surface area (Å²) in [6.45, 7) is 2.45. The highest BCUT2D eigenvalue weighted by Crippen LogP contribution is 2.48. The summed E-state index contributed by atoms with van der Waals surface area (Å²) in [5, 5.41) is 3.79. The Morgan fingerprint density at radius 1 is 0.806 bits per heavy atom. The molecule has 182 valence electrons. The lowest BCUT2D eigenvalue weighted by Crippen LogP contribution is -2.46. The first-order chi connectivity index (χ1) is 17.5. The lowest BCUT2D eigenvalue weighted by molar-refractivity contribution is 0.375. The summed E-state index contributed by atoms with van der Waals surface area (Å²) in [4.78, 5) is 0.360. The molecule has 6 rings (SSSR count). The first-order valence-electron chi connectivity index (χ1n) is 12.6. The van der Waals surface area contributed by atoms with Crippen molar-refractivity contribution in [3.05, 3.63) is 131 Å². The van der Waals surface area contributed by atoms with Crippen LogP contribution in [0.2, 0.25) is 0 Å². The van der Waals surface area contributed by atoms with E-state index in [1.165, 1.54) is 11.1 Å². The van der Waals surface area contributed by atoms with Crippen molar-refractivity contribution in [2.45, 2.75) is 36.2 Å². The van der Waals surface area contributed by atoms with Crippen LogP contribution >= 0.6 is 0 Å². The molecule has 1 saturated heterocycles. The second-order valence-electron chi connectivity index (χ2n) is 9.95. The van der Waals surface area contributed by atoms with Crippen LogP contribution in [0.15, 0.2) is 114 Å². The van der Waals surface area contributed by atoms with Gasteiger partial charge in [-0.05, 0) is 48.2 Å². The first-order valence-corrected chi connectivity index (χ1v) is 14.0. The van der Waals surface area contributed by atoms with Gasteiger partial charge in [0.15, 0.2) is 0 Å². The smallest absolute Gasteiger partial charge is 0.243 e. The van der Waals surface area contributed by atoms with Crippen LogP contribution in [0.3, 0.4) is 0 Å². The molecule has 0 unspecified atom stereocenters. The minimum Gasteiger partial charge on any atom is -0.380 e. The van der Waals surface area contributed by atoms with Gasteiger partial charge < -0.3 is 5.32 Å². The van der Waals surface area contributed by atoms with E-state index in [1.807, 2.05) is 43.3 Å². The Morgan fingerprint density at radius 2 is 1.44 bits per heavy atom. The Hall–Kier alpha value is -3.41. The third-order valence-corrected chi connectivity index (χ3v) is 9.66. The summed E-state index contributed by atoms with van der Waals surface area (Å²) in [6, 6.07) is 36.2. The Bertz CT molecular complexity index is 1450. The summed E-state index contributed by atoms with van der Waals surface area (Å²) in [5.74, 6) is 0.223. The van der Waals surface area contributed by atoms with Gasteiger partial charge in [0.1, 0.15) is 0 Å². The molecule has 2 aliphatic heterocycles. The average Bonchev–Trinajstić information content (AvgIpc) is 3.27. The van der Waals surface area contributed by atoms with Crippen molar-refractivity contribution in [3.63, 3.8) is 0 Å². The Kier molecular flexibility index (Phi) is 5.90. The van der Waals surface area contributed by atoms with Crippen LogP contribution in [0.4, 0.5) is 5.69 Å². The van der Waals surface area contributed by atoms with Crippen LogP contribution in [0.25, 0.3) is 0 Å². The van der Waals surface area contributed by atoms with Gasteiger partial charge in [0.05, 0.1) is 4.90 Å². The van der Waals surface area contributed by atoms with E-state index in [-0.39, 0.29) is 23.9 Å². The Balaban J connectivity index is 1.48. The van der Waals surface area contributed by atoms with E-state index in [1.54, 1.807) is 16.4 Å². The van der Waals surface area contributed by atoms with Crippen LogP contribution in [0.5, 0.6) is 0 Å². The van der Waals surface area contributed by atoms with Crippen molar-refractivity contribution >= 4 is 15.7 Å². The minimum atomic E-state index is -3.68. The molecule has 0 aliphatic carbocycles. The normalized spacial score (nSPS) is 23.5. The van der Waals surface area contributed by atoms with Crippen LogP contribution in [-0.4, -0.2) is 31.4 Å². The number of rotatable bonds is 5. The predicted octanol–water partition coefficient (Wildman–Crippen LogP) is 5.85. The third kappa shape index (κ3) is 4.02. The second-order valence-corrected chi connectivity index (χ2v) is 11.8. The lowest BCUT2D eigenvalue weighted by atomic mass is 9.73. The number of sulfonamides is 1. The van der Waals surface area contributed by atoms with Gasteiger partial charge in [0.2, 0.25) is 10.0 Å². The zero-order valence-corrected chi connectivity index (χ0v) is 21.1. The van der Waals surface area contributed by atoms with Gasteiger partial charge >= 0.3 is 0 Å². The number of anilines is 1. The maximum absolute atomic E-state index is 14.1. The average molecular weight is 495 g/mol. The summed E-state index contributed by atoms with van der Waals surface area (Å²) in [5.41, 5.74) is 5.75. The molecule has 4 nitrogen and oxygen atoms in total. The van der Waals surface area contributed by atoms with Gasteiger partial charge in [-0.25, -0.2) is 8.42 Å². The van der Waals surface area contributed by atoms with E-state index in [0.717, 1.165) is 16.8 Å². The van der Waals surface area contributed by atoms with Crippen LogP contribution < -0.4 is 5.32 Å². The van der Waals surface area contributed by atoms with Crippen LogP contribution in [0, 0.1) is 12.8 Å². The molecule has 1 fully saturated rings. The number of hydrogen-bond acceptors (Lipinski definition) is 3. The van der Waals surface area contributed by atoms with Crippen molar-refractivity contribution in [1.82, 2.24) is 4.31 Å². The van der Waals surface area contributed by atoms with Gasteiger partial charge in [-0.15, -0.1) is 0 Å². The summed E-state index contributed by atoms with van der Waals surface area (Å²) < 4.78 is 30.0. The predicted molar refractivity (Wildman–Crippen MR) is 145 cm³/mol. The Morgan fingerprint density at radius 3 is 2.17 bits per heavy atom. The largest absolute Gasteiger partial charge is 0.380 e. The summed E-state index contributed by atoms with van der Waals surface area (Å²) >= 11 is 0. The molecule has 2 heterocycles. The van der Waals surface area contributed by atoms with Crippen molar-refractivity contribution in [1.29, 1.82) is 0 Å². The molecule has 0 aromatic heterocycles. The number of aryl methyl sites for hydroxylation is 1. The third-order valence-electron chi connectivity index (χ3n) is 7.76.